The van der Waals surface area contributed by atoms with Gasteiger partial charge in [-0.25, -0.2) is 0 Å². The molecule has 19 heavy (non-hydrogen) atoms. The van der Waals surface area contributed by atoms with Crippen LogP contribution in [0.1, 0.15) is 36.8 Å². The Bertz CT molecular complexity index is 595. The van der Waals surface area contributed by atoms with Crippen LogP contribution in [0.5, 0.6) is 0 Å². The normalized spacial score (nSPS) is 11.4. The summed E-state index contributed by atoms with van der Waals surface area (Å²) in [6.45, 7) is 6.33. The molecule has 2 aromatic rings. The van der Waals surface area contributed by atoms with E-state index in [9.17, 15) is 4.79 Å². The summed E-state index contributed by atoms with van der Waals surface area (Å²) in [7, 11) is 1.73. The molecule has 0 spiro atoms. The van der Waals surface area contributed by atoms with Gasteiger partial charge in [-0.3, -0.25) is 9.48 Å². The Labute approximate surface area is 112 Å². The Hall–Kier alpha value is -2.17. The van der Waals surface area contributed by atoms with Crippen molar-refractivity contribution in [3.05, 3.63) is 41.7 Å². The van der Waals surface area contributed by atoms with Crippen LogP contribution in [-0.2, 0) is 12.5 Å². The monoisotopic (exact) mass is 258 g/mol. The Morgan fingerprint density at radius 3 is 2.53 bits per heavy atom. The van der Waals surface area contributed by atoms with Crippen molar-refractivity contribution in [1.82, 2.24) is 15.0 Å². The number of carbonyl (C=O) groups is 1. The molecule has 0 atom stereocenters. The Balaban J connectivity index is 2.27. The number of aromatic nitrogens is 3. The summed E-state index contributed by atoms with van der Waals surface area (Å²) in [6, 6.07) is 7.79. The lowest BCUT2D eigenvalue weighted by molar-refractivity contribution is 0.102. The number of anilines is 1. The molecule has 0 fully saturated rings. The van der Waals surface area contributed by atoms with E-state index < -0.39 is 0 Å². The molecule has 0 aliphatic carbocycles. The summed E-state index contributed by atoms with van der Waals surface area (Å²) in [5.74, 6) is -0.246. The fraction of sp³-hybridized carbons (Fsp3) is 0.357. The number of para-hydroxylation sites is 1. The van der Waals surface area contributed by atoms with Crippen molar-refractivity contribution in [2.45, 2.75) is 26.2 Å². The molecule has 1 heterocycles. The Morgan fingerprint density at radius 2 is 1.95 bits per heavy atom. The number of hydrogen-bond donors (Lipinski definition) is 1. The summed E-state index contributed by atoms with van der Waals surface area (Å²) in [6.07, 6.45) is 1.59. The van der Waals surface area contributed by atoms with Crippen molar-refractivity contribution in [3.8, 4) is 0 Å². The zero-order valence-corrected chi connectivity index (χ0v) is 11.6. The maximum absolute atomic E-state index is 12.1. The van der Waals surface area contributed by atoms with E-state index in [4.69, 9.17) is 0 Å². The lowest BCUT2D eigenvalue weighted by Gasteiger charge is -2.22. The molecule has 0 unspecified atom stereocenters. The minimum Gasteiger partial charge on any atom is -0.320 e. The second kappa shape index (κ2) is 4.84. The largest absolute Gasteiger partial charge is 0.320 e. The van der Waals surface area contributed by atoms with Crippen LogP contribution < -0.4 is 5.32 Å². The first kappa shape index (κ1) is 13.3. The number of rotatable bonds is 2. The van der Waals surface area contributed by atoms with Gasteiger partial charge in [0.1, 0.15) is 0 Å². The highest BCUT2D eigenvalue weighted by molar-refractivity contribution is 6.03. The third kappa shape index (κ3) is 2.99. The average Bonchev–Trinajstić information content (AvgIpc) is 2.75. The van der Waals surface area contributed by atoms with Crippen LogP contribution in [0, 0.1) is 0 Å². The minimum absolute atomic E-state index is 0.0355. The molecule has 0 saturated heterocycles. The van der Waals surface area contributed by atoms with E-state index in [2.05, 4.69) is 36.4 Å². The quantitative estimate of drug-likeness (QED) is 0.899. The average molecular weight is 258 g/mol. The van der Waals surface area contributed by atoms with Crippen LogP contribution in [0.2, 0.25) is 0 Å². The second-order valence-corrected chi connectivity index (χ2v) is 5.53. The van der Waals surface area contributed by atoms with Crippen LogP contribution in [0.4, 0.5) is 5.69 Å². The van der Waals surface area contributed by atoms with Gasteiger partial charge in [0, 0.05) is 12.7 Å². The molecule has 100 valence electrons. The molecule has 0 aliphatic heterocycles. The first-order valence-electron chi connectivity index (χ1n) is 6.15. The molecular formula is C14H18N4O. The summed E-state index contributed by atoms with van der Waals surface area (Å²) in [4.78, 5) is 12.1. The summed E-state index contributed by atoms with van der Waals surface area (Å²) in [5.41, 5.74) is 2.18. The maximum atomic E-state index is 12.1. The van der Waals surface area contributed by atoms with Crippen LogP contribution in [0.15, 0.2) is 30.5 Å². The lowest BCUT2D eigenvalue weighted by atomic mass is 9.86. The molecule has 1 amide bonds. The molecule has 2 rings (SSSR count). The lowest BCUT2D eigenvalue weighted by Crippen LogP contribution is -2.19. The van der Waals surface area contributed by atoms with Gasteiger partial charge in [-0.05, 0) is 17.0 Å². The fourth-order valence-electron chi connectivity index (χ4n) is 1.88. The van der Waals surface area contributed by atoms with Crippen molar-refractivity contribution in [3.63, 3.8) is 0 Å². The van der Waals surface area contributed by atoms with E-state index in [0.717, 1.165) is 11.3 Å². The predicted octanol–water partition coefficient (Wildman–Crippen LogP) is 2.36. The van der Waals surface area contributed by atoms with Crippen molar-refractivity contribution in [2.75, 3.05) is 5.32 Å². The standard InChI is InChI=1S/C14H18N4O/c1-14(2,3)10-7-5-6-8-11(10)15-13(19)12-9-18(4)17-16-12/h5-9H,1-4H3,(H,15,19). The van der Waals surface area contributed by atoms with E-state index in [1.807, 2.05) is 24.3 Å². The van der Waals surface area contributed by atoms with Crippen molar-refractivity contribution in [1.29, 1.82) is 0 Å². The molecule has 1 aromatic heterocycles. The van der Waals surface area contributed by atoms with Gasteiger partial charge in [0.25, 0.3) is 5.91 Å². The van der Waals surface area contributed by atoms with E-state index in [-0.39, 0.29) is 11.3 Å². The summed E-state index contributed by atoms with van der Waals surface area (Å²) >= 11 is 0. The van der Waals surface area contributed by atoms with Gasteiger partial charge in [-0.1, -0.05) is 44.2 Å². The highest BCUT2D eigenvalue weighted by Crippen LogP contribution is 2.29. The number of amides is 1. The Kier molecular flexibility index (Phi) is 3.38. The molecule has 0 aliphatic rings. The number of aryl methyl sites for hydroxylation is 1. The third-order valence-electron chi connectivity index (χ3n) is 2.82. The predicted molar refractivity (Wildman–Crippen MR) is 74.1 cm³/mol. The molecule has 0 radical (unpaired) electrons. The van der Waals surface area contributed by atoms with Gasteiger partial charge < -0.3 is 5.32 Å². The number of carbonyl (C=O) groups excluding carboxylic acids is 1. The SMILES string of the molecule is Cn1cc(C(=O)Nc2ccccc2C(C)(C)C)nn1. The molecular weight excluding hydrogens is 240 g/mol. The molecule has 0 bridgehead atoms. The number of nitrogens with one attached hydrogen (secondary N) is 1. The smallest absolute Gasteiger partial charge is 0.277 e. The van der Waals surface area contributed by atoms with Crippen molar-refractivity contribution in [2.24, 2.45) is 7.05 Å². The third-order valence-corrected chi connectivity index (χ3v) is 2.82. The van der Waals surface area contributed by atoms with Gasteiger partial charge in [0.2, 0.25) is 0 Å². The number of nitrogens with zero attached hydrogens (tertiary/aromatic N) is 3. The number of benzene rings is 1. The van der Waals surface area contributed by atoms with Crippen molar-refractivity contribution < 1.29 is 4.79 Å². The van der Waals surface area contributed by atoms with E-state index in [1.54, 1.807) is 13.2 Å². The molecule has 1 N–H and O–H groups in total. The van der Waals surface area contributed by atoms with E-state index >= 15 is 0 Å². The van der Waals surface area contributed by atoms with Crippen LogP contribution >= 0.6 is 0 Å². The molecule has 5 heteroatoms. The summed E-state index contributed by atoms with van der Waals surface area (Å²) in [5, 5.41) is 10.5. The van der Waals surface area contributed by atoms with Gasteiger partial charge in [-0.15, -0.1) is 5.10 Å². The topological polar surface area (TPSA) is 59.8 Å². The van der Waals surface area contributed by atoms with Gasteiger partial charge >= 0.3 is 0 Å². The highest BCUT2D eigenvalue weighted by atomic mass is 16.2. The molecule has 5 nitrogen and oxygen atoms in total. The van der Waals surface area contributed by atoms with Crippen molar-refractivity contribution >= 4 is 11.6 Å². The van der Waals surface area contributed by atoms with Gasteiger partial charge in [0.15, 0.2) is 5.69 Å². The van der Waals surface area contributed by atoms with E-state index in [1.165, 1.54) is 4.68 Å². The molecule has 1 aromatic carbocycles. The minimum atomic E-state index is -0.246. The maximum Gasteiger partial charge on any atom is 0.277 e. The van der Waals surface area contributed by atoms with Crippen LogP contribution in [0.3, 0.4) is 0 Å². The first-order valence-corrected chi connectivity index (χ1v) is 6.15. The number of hydrogen-bond acceptors (Lipinski definition) is 3. The fourth-order valence-corrected chi connectivity index (χ4v) is 1.88. The zero-order valence-electron chi connectivity index (χ0n) is 11.6. The van der Waals surface area contributed by atoms with Gasteiger partial charge in [-0.2, -0.15) is 0 Å². The Morgan fingerprint density at radius 1 is 1.26 bits per heavy atom. The zero-order chi connectivity index (χ0) is 14.0. The first-order chi connectivity index (χ1) is 8.88. The second-order valence-electron chi connectivity index (χ2n) is 5.53. The van der Waals surface area contributed by atoms with Gasteiger partial charge in [0.05, 0.1) is 6.20 Å². The van der Waals surface area contributed by atoms with Crippen LogP contribution in [0.25, 0.3) is 0 Å². The van der Waals surface area contributed by atoms with E-state index in [0.29, 0.717) is 5.69 Å². The van der Waals surface area contributed by atoms with Crippen LogP contribution in [-0.4, -0.2) is 20.9 Å². The molecule has 0 saturated carbocycles. The highest BCUT2D eigenvalue weighted by Gasteiger charge is 2.19. The summed E-state index contributed by atoms with van der Waals surface area (Å²) < 4.78 is 1.50.